The molecule has 1 aromatic heterocycles. The molecule has 25 heavy (non-hydrogen) atoms. The number of carbonyl (C=O) groups is 1. The molecule has 0 aliphatic rings. The van der Waals surface area contributed by atoms with Crippen LogP contribution in [0, 0.1) is 13.8 Å². The molecule has 1 amide bonds. The van der Waals surface area contributed by atoms with Gasteiger partial charge in [0.05, 0.1) is 20.9 Å². The van der Waals surface area contributed by atoms with E-state index >= 15 is 0 Å². The standard InChI is InChI=1S/C18H18N2O3S2/c1-12-8-9-13(2)17-16(12)20-18(24-17)19-15(21)10-11-25(22,23)14-6-4-3-5-7-14/h3-9H,10-11H2,1-2H3,(H,19,20,21). The van der Waals surface area contributed by atoms with Crippen LogP contribution in [0.2, 0.25) is 0 Å². The number of benzene rings is 2. The molecule has 0 saturated heterocycles. The number of anilines is 1. The molecule has 0 atom stereocenters. The molecule has 0 bridgehead atoms. The lowest BCUT2D eigenvalue weighted by Gasteiger charge is -2.04. The van der Waals surface area contributed by atoms with E-state index in [0.717, 1.165) is 21.3 Å². The quantitative estimate of drug-likeness (QED) is 0.738. The van der Waals surface area contributed by atoms with E-state index in [1.54, 1.807) is 18.2 Å². The maximum Gasteiger partial charge on any atom is 0.227 e. The summed E-state index contributed by atoms with van der Waals surface area (Å²) >= 11 is 1.40. The van der Waals surface area contributed by atoms with Crippen LogP contribution in [-0.2, 0) is 14.6 Å². The number of hydrogen-bond donors (Lipinski definition) is 1. The van der Waals surface area contributed by atoms with Crippen LogP contribution in [0.3, 0.4) is 0 Å². The van der Waals surface area contributed by atoms with E-state index in [-0.39, 0.29) is 23.0 Å². The number of nitrogens with zero attached hydrogens (tertiary/aromatic N) is 1. The molecule has 0 aliphatic heterocycles. The van der Waals surface area contributed by atoms with Gasteiger partial charge in [-0.05, 0) is 37.1 Å². The summed E-state index contributed by atoms with van der Waals surface area (Å²) in [4.78, 5) is 16.8. The van der Waals surface area contributed by atoms with Crippen molar-refractivity contribution in [3.05, 3.63) is 53.6 Å². The number of amides is 1. The van der Waals surface area contributed by atoms with Gasteiger partial charge < -0.3 is 5.32 Å². The topological polar surface area (TPSA) is 76.1 Å². The fourth-order valence-corrected chi connectivity index (χ4v) is 4.76. The number of rotatable bonds is 5. The lowest BCUT2D eigenvalue weighted by molar-refractivity contribution is -0.115. The zero-order valence-electron chi connectivity index (χ0n) is 13.9. The molecule has 7 heteroatoms. The SMILES string of the molecule is Cc1ccc(C)c2sc(NC(=O)CCS(=O)(=O)c3ccccc3)nc12. The molecule has 3 rings (SSSR count). The molecule has 0 aliphatic carbocycles. The van der Waals surface area contributed by atoms with Gasteiger partial charge in [0.25, 0.3) is 0 Å². The van der Waals surface area contributed by atoms with Gasteiger partial charge in [0, 0.05) is 6.42 Å². The van der Waals surface area contributed by atoms with E-state index in [1.807, 2.05) is 26.0 Å². The Bertz CT molecular complexity index is 986. The van der Waals surface area contributed by atoms with Crippen molar-refractivity contribution in [1.29, 1.82) is 0 Å². The Morgan fingerprint density at radius 3 is 2.44 bits per heavy atom. The summed E-state index contributed by atoms with van der Waals surface area (Å²) in [7, 11) is -3.46. The van der Waals surface area contributed by atoms with Crippen molar-refractivity contribution >= 4 is 42.4 Å². The molecule has 2 aromatic carbocycles. The van der Waals surface area contributed by atoms with E-state index in [9.17, 15) is 13.2 Å². The lowest BCUT2D eigenvalue weighted by Crippen LogP contribution is -2.17. The number of aromatic nitrogens is 1. The predicted octanol–water partition coefficient (Wildman–Crippen LogP) is 3.72. The number of sulfone groups is 1. The number of nitrogens with one attached hydrogen (secondary N) is 1. The monoisotopic (exact) mass is 374 g/mol. The van der Waals surface area contributed by atoms with Gasteiger partial charge >= 0.3 is 0 Å². The van der Waals surface area contributed by atoms with E-state index in [0.29, 0.717) is 5.13 Å². The van der Waals surface area contributed by atoms with Gasteiger partial charge in [-0.1, -0.05) is 41.7 Å². The van der Waals surface area contributed by atoms with Crippen LogP contribution < -0.4 is 5.32 Å². The van der Waals surface area contributed by atoms with Crippen molar-refractivity contribution in [3.63, 3.8) is 0 Å². The van der Waals surface area contributed by atoms with Crippen molar-refractivity contribution in [2.24, 2.45) is 0 Å². The van der Waals surface area contributed by atoms with Gasteiger partial charge in [-0.25, -0.2) is 13.4 Å². The van der Waals surface area contributed by atoms with Crippen LogP contribution in [-0.4, -0.2) is 25.1 Å². The minimum absolute atomic E-state index is 0.106. The van der Waals surface area contributed by atoms with Crippen molar-refractivity contribution in [3.8, 4) is 0 Å². The average Bonchev–Trinajstić information content (AvgIpc) is 3.02. The fraction of sp³-hybridized carbons (Fsp3) is 0.222. The Hall–Kier alpha value is -2.25. The minimum atomic E-state index is -3.46. The molecule has 0 fully saturated rings. The molecule has 1 heterocycles. The van der Waals surface area contributed by atoms with E-state index in [4.69, 9.17) is 0 Å². The summed E-state index contributed by atoms with van der Waals surface area (Å²) in [5.74, 6) is -0.583. The Morgan fingerprint density at radius 2 is 1.76 bits per heavy atom. The van der Waals surface area contributed by atoms with Crippen molar-refractivity contribution in [2.45, 2.75) is 25.2 Å². The second kappa shape index (κ2) is 6.93. The summed E-state index contributed by atoms with van der Waals surface area (Å²) in [5, 5.41) is 3.21. The van der Waals surface area contributed by atoms with Crippen LogP contribution in [0.4, 0.5) is 5.13 Å². The van der Waals surface area contributed by atoms with E-state index in [1.165, 1.54) is 23.5 Å². The number of hydrogen-bond acceptors (Lipinski definition) is 5. The second-order valence-corrected chi connectivity index (χ2v) is 8.93. The number of fused-ring (bicyclic) bond motifs is 1. The highest BCUT2D eigenvalue weighted by Crippen LogP contribution is 2.30. The first-order valence-corrected chi connectivity index (χ1v) is 10.3. The third kappa shape index (κ3) is 3.88. The smallest absolute Gasteiger partial charge is 0.227 e. The zero-order valence-corrected chi connectivity index (χ0v) is 15.6. The summed E-state index contributed by atoms with van der Waals surface area (Å²) in [6.45, 7) is 3.97. The van der Waals surface area contributed by atoms with Gasteiger partial charge in [-0.2, -0.15) is 0 Å². The Kier molecular flexibility index (Phi) is 4.87. The molecule has 130 valence electrons. The highest BCUT2D eigenvalue weighted by Gasteiger charge is 2.17. The molecule has 0 radical (unpaired) electrons. The van der Waals surface area contributed by atoms with Crippen molar-refractivity contribution in [1.82, 2.24) is 4.98 Å². The maximum absolute atomic E-state index is 12.2. The number of aryl methyl sites for hydroxylation is 2. The summed E-state index contributed by atoms with van der Waals surface area (Å²) in [5.41, 5.74) is 3.02. The summed E-state index contributed by atoms with van der Waals surface area (Å²) < 4.78 is 25.5. The van der Waals surface area contributed by atoms with Gasteiger partial charge in [0.2, 0.25) is 5.91 Å². The molecule has 0 saturated carbocycles. The second-order valence-electron chi connectivity index (χ2n) is 5.83. The number of thiazole rings is 1. The maximum atomic E-state index is 12.2. The van der Waals surface area contributed by atoms with E-state index < -0.39 is 9.84 Å². The third-order valence-corrected chi connectivity index (χ3v) is 6.73. The summed E-state index contributed by atoms with van der Waals surface area (Å²) in [6, 6.07) is 12.2. The first-order chi connectivity index (χ1) is 11.9. The van der Waals surface area contributed by atoms with Crippen molar-refractivity contribution in [2.75, 3.05) is 11.1 Å². The molecule has 0 unspecified atom stereocenters. The number of carbonyl (C=O) groups excluding carboxylic acids is 1. The first-order valence-electron chi connectivity index (χ1n) is 7.81. The minimum Gasteiger partial charge on any atom is -0.302 e. The highest BCUT2D eigenvalue weighted by molar-refractivity contribution is 7.91. The highest BCUT2D eigenvalue weighted by atomic mass is 32.2. The average molecular weight is 374 g/mol. The van der Waals surface area contributed by atoms with Gasteiger partial charge in [-0.15, -0.1) is 0 Å². The van der Waals surface area contributed by atoms with E-state index in [2.05, 4.69) is 10.3 Å². The summed E-state index contributed by atoms with van der Waals surface area (Å²) in [6.07, 6.45) is -0.106. The molecule has 1 N–H and O–H groups in total. The van der Waals surface area contributed by atoms with Crippen LogP contribution in [0.5, 0.6) is 0 Å². The Labute approximate surface area is 150 Å². The Balaban J connectivity index is 1.69. The predicted molar refractivity (Wildman–Crippen MR) is 101 cm³/mol. The van der Waals surface area contributed by atoms with Gasteiger partial charge in [0.1, 0.15) is 0 Å². The van der Waals surface area contributed by atoms with Gasteiger partial charge in [-0.3, -0.25) is 4.79 Å². The van der Waals surface area contributed by atoms with Crippen LogP contribution >= 0.6 is 11.3 Å². The van der Waals surface area contributed by atoms with Crippen molar-refractivity contribution < 1.29 is 13.2 Å². The van der Waals surface area contributed by atoms with Crippen LogP contribution in [0.25, 0.3) is 10.2 Å². The normalized spacial score (nSPS) is 11.6. The Morgan fingerprint density at radius 1 is 1.08 bits per heavy atom. The molecular formula is C18H18N2O3S2. The largest absolute Gasteiger partial charge is 0.302 e. The van der Waals surface area contributed by atoms with Crippen LogP contribution in [0.15, 0.2) is 47.4 Å². The third-order valence-electron chi connectivity index (χ3n) is 3.89. The molecular weight excluding hydrogens is 356 g/mol. The zero-order chi connectivity index (χ0) is 18.0. The van der Waals surface area contributed by atoms with Crippen LogP contribution in [0.1, 0.15) is 17.5 Å². The fourth-order valence-electron chi connectivity index (χ4n) is 2.47. The molecule has 0 spiro atoms. The first kappa shape index (κ1) is 17.6. The lowest BCUT2D eigenvalue weighted by atomic mass is 10.1. The molecule has 3 aromatic rings. The van der Waals surface area contributed by atoms with Gasteiger partial charge in [0.15, 0.2) is 15.0 Å². The molecule has 5 nitrogen and oxygen atoms in total.